The largest absolute Gasteiger partial charge is 0.399 e. The van der Waals surface area contributed by atoms with Crippen molar-refractivity contribution in [1.82, 2.24) is 0 Å². The molecule has 0 aliphatic rings. The van der Waals surface area contributed by atoms with Gasteiger partial charge in [0.05, 0.1) is 0 Å². The minimum absolute atomic E-state index is 0.0741. The van der Waals surface area contributed by atoms with Crippen LogP contribution in [0.2, 0.25) is 0 Å². The van der Waals surface area contributed by atoms with E-state index in [-0.39, 0.29) is 5.67 Å². The number of rotatable bonds is 3. The van der Waals surface area contributed by atoms with Gasteiger partial charge in [-0.1, -0.05) is 6.92 Å². The van der Waals surface area contributed by atoms with Crippen LogP contribution in [-0.4, -0.2) is 35.7 Å². The van der Waals surface area contributed by atoms with Crippen LogP contribution in [0, 0.1) is 0 Å². The molecule has 0 aliphatic carbocycles. The van der Waals surface area contributed by atoms with Crippen molar-refractivity contribution < 1.29 is 8.85 Å². The molecule has 0 spiro atoms. The number of hydrogen-bond donors (Lipinski definition) is 2. The van der Waals surface area contributed by atoms with Crippen molar-refractivity contribution in [3.63, 3.8) is 0 Å². The van der Waals surface area contributed by atoms with Crippen LogP contribution >= 0.6 is 0 Å². The van der Waals surface area contributed by atoms with Gasteiger partial charge in [-0.05, 0) is 13.5 Å². The van der Waals surface area contributed by atoms with E-state index in [2.05, 4.69) is 0 Å². The lowest BCUT2D eigenvalue weighted by atomic mass is 10.8. The fourth-order valence-electron chi connectivity index (χ4n) is 0.526. The van der Waals surface area contributed by atoms with Gasteiger partial charge >= 0.3 is 9.28 Å². The summed E-state index contributed by atoms with van der Waals surface area (Å²) in [6.07, 6.45) is 0. The van der Waals surface area contributed by atoms with Gasteiger partial charge in [-0.15, -0.1) is 0 Å². The van der Waals surface area contributed by atoms with Crippen molar-refractivity contribution >= 4 is 9.28 Å². The molecule has 0 aromatic rings. The van der Waals surface area contributed by atoms with Gasteiger partial charge in [-0.3, -0.25) is 0 Å². The molecule has 4 nitrogen and oxygen atoms in total. The Labute approximate surface area is 70.7 Å². The Hall–Kier alpha value is 0.0569. The Kier molecular flexibility index (Phi) is 12.5. The highest BCUT2D eigenvalue weighted by molar-refractivity contribution is 6.46. The van der Waals surface area contributed by atoms with Crippen LogP contribution in [0.3, 0.4) is 0 Å². The van der Waals surface area contributed by atoms with E-state index in [4.69, 9.17) is 20.3 Å². The summed E-state index contributed by atoms with van der Waals surface area (Å²) in [7, 11) is 1.77. The first-order valence-corrected chi connectivity index (χ1v) is 5.26. The van der Waals surface area contributed by atoms with Gasteiger partial charge in [-0.2, -0.15) is 0 Å². The lowest BCUT2D eigenvalue weighted by Crippen LogP contribution is -2.39. The fraction of sp³-hybridized carbons (Fsp3) is 1.00. The molecule has 0 heterocycles. The van der Waals surface area contributed by atoms with E-state index in [1.54, 1.807) is 14.2 Å². The molecule has 0 rings (SSSR count). The molecule has 1 atom stereocenters. The van der Waals surface area contributed by atoms with Crippen LogP contribution in [0.25, 0.3) is 0 Å². The summed E-state index contributed by atoms with van der Waals surface area (Å²) >= 11 is 0. The van der Waals surface area contributed by atoms with Crippen LogP contribution in [-0.2, 0) is 8.85 Å². The Bertz CT molecular complexity index is 69.6. The monoisotopic (exact) mass is 180 g/mol. The van der Waals surface area contributed by atoms with E-state index in [0.29, 0.717) is 0 Å². The first-order valence-electron chi connectivity index (χ1n) is 3.65. The molecule has 0 bridgehead atoms. The summed E-state index contributed by atoms with van der Waals surface area (Å²) in [6.45, 7) is 4.55. The third-order valence-electron chi connectivity index (χ3n) is 0.894. The zero-order valence-electron chi connectivity index (χ0n) is 7.83. The van der Waals surface area contributed by atoms with E-state index in [0.717, 1.165) is 6.54 Å². The summed E-state index contributed by atoms with van der Waals surface area (Å²) < 4.78 is 9.91. The predicted molar refractivity (Wildman–Crippen MR) is 49.5 cm³/mol. The van der Waals surface area contributed by atoms with Gasteiger partial charge in [0.25, 0.3) is 0 Å². The van der Waals surface area contributed by atoms with Crippen LogP contribution in [0.1, 0.15) is 13.8 Å². The third kappa shape index (κ3) is 10.1. The van der Waals surface area contributed by atoms with Gasteiger partial charge in [-0.25, -0.2) is 0 Å². The average Bonchev–Trinajstić information content (AvgIpc) is 1.91. The second kappa shape index (κ2) is 10.1. The first-order chi connectivity index (χ1) is 5.13. The number of hydrogen-bond acceptors (Lipinski definition) is 4. The van der Waals surface area contributed by atoms with Crippen LogP contribution in [0.5, 0.6) is 0 Å². The van der Waals surface area contributed by atoms with Crippen molar-refractivity contribution in [2.24, 2.45) is 11.5 Å². The molecule has 0 aromatic carbocycles. The minimum Gasteiger partial charge on any atom is -0.399 e. The highest BCUT2D eigenvalue weighted by Gasteiger charge is 2.13. The molecule has 0 saturated heterocycles. The topological polar surface area (TPSA) is 70.5 Å². The second-order valence-corrected chi connectivity index (χ2v) is 4.84. The van der Waals surface area contributed by atoms with E-state index in [9.17, 15) is 0 Å². The highest BCUT2D eigenvalue weighted by Crippen LogP contribution is 1.87. The van der Waals surface area contributed by atoms with Gasteiger partial charge in [0.1, 0.15) is 0 Å². The summed E-state index contributed by atoms with van der Waals surface area (Å²) in [5.41, 5.74) is 10.4. The molecule has 0 radical (unpaired) electrons. The van der Waals surface area contributed by atoms with Gasteiger partial charge in [0.15, 0.2) is 0 Å². The Morgan fingerprint density at radius 3 is 1.64 bits per heavy atom. The van der Waals surface area contributed by atoms with Crippen molar-refractivity contribution in [2.45, 2.75) is 19.5 Å². The maximum Gasteiger partial charge on any atom is 0.337 e. The fourth-order valence-corrected chi connectivity index (χ4v) is 1.58. The van der Waals surface area contributed by atoms with Crippen LogP contribution in [0.4, 0.5) is 0 Å². The SMILES string of the molecule is CCN.CO[SiH](OC)C(C)N. The van der Waals surface area contributed by atoms with E-state index in [1.807, 2.05) is 13.8 Å². The molecule has 0 aliphatic heterocycles. The normalized spacial score (nSPS) is 12.3. The third-order valence-corrected chi connectivity index (χ3v) is 2.68. The summed E-state index contributed by atoms with van der Waals surface area (Å²) in [4.78, 5) is 0. The summed E-state index contributed by atoms with van der Waals surface area (Å²) in [6, 6.07) is 0. The highest BCUT2D eigenvalue weighted by atomic mass is 28.3. The maximum absolute atomic E-state index is 5.47. The van der Waals surface area contributed by atoms with Gasteiger partial charge < -0.3 is 20.3 Å². The molecule has 0 fully saturated rings. The van der Waals surface area contributed by atoms with Crippen molar-refractivity contribution in [3.8, 4) is 0 Å². The second-order valence-electron chi connectivity index (χ2n) is 2.11. The molecule has 0 aromatic heterocycles. The lowest BCUT2D eigenvalue weighted by Gasteiger charge is -2.13. The molecule has 0 saturated carbocycles. The van der Waals surface area contributed by atoms with E-state index >= 15 is 0 Å². The van der Waals surface area contributed by atoms with Crippen molar-refractivity contribution in [1.29, 1.82) is 0 Å². The number of nitrogens with two attached hydrogens (primary N) is 2. The van der Waals surface area contributed by atoms with Crippen molar-refractivity contribution in [2.75, 3.05) is 20.8 Å². The predicted octanol–water partition coefficient (Wildman–Crippen LogP) is -0.649. The first kappa shape index (κ1) is 13.6. The quantitative estimate of drug-likeness (QED) is 0.566. The average molecular weight is 180 g/mol. The summed E-state index contributed by atoms with van der Waals surface area (Å²) in [5.74, 6) is 0. The minimum atomic E-state index is -1.49. The molecule has 4 N–H and O–H groups in total. The van der Waals surface area contributed by atoms with Crippen molar-refractivity contribution in [3.05, 3.63) is 0 Å². The zero-order valence-corrected chi connectivity index (χ0v) is 8.99. The zero-order chi connectivity index (χ0) is 9.28. The Morgan fingerprint density at radius 2 is 1.64 bits per heavy atom. The molecule has 11 heavy (non-hydrogen) atoms. The Balaban J connectivity index is 0. The van der Waals surface area contributed by atoms with Gasteiger partial charge in [0, 0.05) is 19.9 Å². The van der Waals surface area contributed by atoms with Crippen LogP contribution in [0.15, 0.2) is 0 Å². The molecule has 5 heteroatoms. The van der Waals surface area contributed by atoms with Crippen LogP contribution < -0.4 is 11.5 Å². The Morgan fingerprint density at radius 1 is 1.36 bits per heavy atom. The molecular weight excluding hydrogens is 160 g/mol. The standard InChI is InChI=1S/C4H13NO2Si.C2H7N/c1-4(5)8(6-2)7-3;1-2-3/h4,8H,5H2,1-3H3;2-3H2,1H3. The summed E-state index contributed by atoms with van der Waals surface area (Å²) in [5, 5.41) is 0. The molecular formula is C6H20N2O2Si. The van der Waals surface area contributed by atoms with Gasteiger partial charge in [0.2, 0.25) is 0 Å². The molecule has 70 valence electrons. The maximum atomic E-state index is 5.47. The molecule has 1 unspecified atom stereocenters. The van der Waals surface area contributed by atoms with E-state index in [1.165, 1.54) is 0 Å². The lowest BCUT2D eigenvalue weighted by molar-refractivity contribution is 0.269. The smallest absolute Gasteiger partial charge is 0.337 e. The molecule has 0 amide bonds. The van der Waals surface area contributed by atoms with E-state index < -0.39 is 9.28 Å².